The van der Waals surface area contributed by atoms with E-state index >= 15 is 0 Å². The van der Waals surface area contributed by atoms with Gasteiger partial charge in [-0.15, -0.1) is 0 Å². The minimum absolute atomic E-state index is 0.0409. The normalized spacial score (nSPS) is 10.3. The number of nitrogens with zero attached hydrogens (tertiary/aromatic N) is 1. The molecule has 98 valence electrons. The maximum absolute atomic E-state index is 13.2. The average Bonchev–Trinajstić information content (AvgIpc) is 2.41. The first-order valence-corrected chi connectivity index (χ1v) is 5.98. The summed E-state index contributed by atoms with van der Waals surface area (Å²) in [6.45, 7) is 0. The van der Waals surface area contributed by atoms with Crippen molar-refractivity contribution in [3.63, 3.8) is 0 Å². The van der Waals surface area contributed by atoms with Crippen molar-refractivity contribution in [1.29, 1.82) is 0 Å². The highest BCUT2D eigenvalue weighted by Crippen LogP contribution is 2.32. The number of halogens is 3. The Morgan fingerprint density at radius 1 is 1.26 bits per heavy atom. The number of ether oxygens (including phenoxy) is 1. The van der Waals surface area contributed by atoms with Crippen molar-refractivity contribution in [2.24, 2.45) is 0 Å². The quantitative estimate of drug-likeness (QED) is 0.622. The van der Waals surface area contributed by atoms with Gasteiger partial charge < -0.3 is 4.74 Å². The summed E-state index contributed by atoms with van der Waals surface area (Å²) in [6, 6.07) is 5.77. The Bertz CT molecular complexity index is 647. The van der Waals surface area contributed by atoms with Crippen LogP contribution in [0.3, 0.4) is 0 Å². The van der Waals surface area contributed by atoms with Gasteiger partial charge in [0.1, 0.15) is 0 Å². The molecule has 0 atom stereocenters. The first-order valence-electron chi connectivity index (χ1n) is 5.22. The van der Waals surface area contributed by atoms with E-state index in [2.05, 4.69) is 9.72 Å². The number of benzene rings is 1. The third-order valence-corrected chi connectivity index (χ3v) is 3.06. The van der Waals surface area contributed by atoms with Gasteiger partial charge in [-0.2, -0.15) is 4.39 Å². The number of aromatic nitrogens is 1. The number of hydrogen-bond acceptors (Lipinski definition) is 3. The molecule has 0 saturated carbocycles. The van der Waals surface area contributed by atoms with Crippen LogP contribution in [-0.4, -0.2) is 18.1 Å². The Labute approximate surface area is 118 Å². The number of carbonyl (C=O) groups is 1. The zero-order chi connectivity index (χ0) is 14.0. The minimum atomic E-state index is -0.776. The highest BCUT2D eigenvalue weighted by Gasteiger charge is 2.17. The summed E-state index contributed by atoms with van der Waals surface area (Å²) in [5.41, 5.74) is 0.891. The topological polar surface area (TPSA) is 39.2 Å². The third kappa shape index (κ3) is 2.85. The van der Waals surface area contributed by atoms with Crippen molar-refractivity contribution in [1.82, 2.24) is 4.98 Å². The van der Waals surface area contributed by atoms with Crippen LogP contribution in [0, 0.1) is 5.95 Å². The van der Waals surface area contributed by atoms with E-state index in [4.69, 9.17) is 23.2 Å². The van der Waals surface area contributed by atoms with Gasteiger partial charge in [0.2, 0.25) is 5.95 Å². The van der Waals surface area contributed by atoms with Crippen LogP contribution in [0.15, 0.2) is 30.5 Å². The molecular formula is C13H8Cl2FNO2. The zero-order valence-electron chi connectivity index (χ0n) is 9.78. The van der Waals surface area contributed by atoms with Crippen molar-refractivity contribution in [3.05, 3.63) is 52.0 Å². The van der Waals surface area contributed by atoms with Crippen LogP contribution < -0.4 is 0 Å². The van der Waals surface area contributed by atoms with E-state index in [-0.39, 0.29) is 5.56 Å². The molecule has 2 aromatic rings. The van der Waals surface area contributed by atoms with Crippen molar-refractivity contribution in [2.45, 2.75) is 0 Å². The maximum atomic E-state index is 13.2. The van der Waals surface area contributed by atoms with Gasteiger partial charge in [0.15, 0.2) is 0 Å². The Morgan fingerprint density at radius 2 is 2.00 bits per heavy atom. The Morgan fingerprint density at radius 3 is 2.68 bits per heavy atom. The lowest BCUT2D eigenvalue weighted by Crippen LogP contribution is -2.05. The molecule has 0 amide bonds. The van der Waals surface area contributed by atoms with Crippen LogP contribution in [0.4, 0.5) is 4.39 Å². The summed E-state index contributed by atoms with van der Waals surface area (Å²) < 4.78 is 17.8. The highest BCUT2D eigenvalue weighted by atomic mass is 35.5. The molecule has 2 rings (SSSR count). The summed E-state index contributed by atoms with van der Waals surface area (Å²) in [5, 5.41) is 0.822. The lowest BCUT2D eigenvalue weighted by molar-refractivity contribution is 0.0601. The van der Waals surface area contributed by atoms with E-state index in [1.54, 1.807) is 18.2 Å². The molecule has 0 N–H and O–H groups in total. The molecule has 19 heavy (non-hydrogen) atoms. The summed E-state index contributed by atoms with van der Waals surface area (Å²) in [4.78, 5) is 15.2. The van der Waals surface area contributed by atoms with E-state index < -0.39 is 11.9 Å². The first-order chi connectivity index (χ1) is 9.02. The lowest BCUT2D eigenvalue weighted by Gasteiger charge is -2.09. The number of esters is 1. The molecule has 0 aliphatic rings. The molecule has 0 unspecified atom stereocenters. The van der Waals surface area contributed by atoms with Crippen molar-refractivity contribution >= 4 is 29.2 Å². The fourth-order valence-electron chi connectivity index (χ4n) is 1.63. The van der Waals surface area contributed by atoms with Crippen LogP contribution in [0.5, 0.6) is 0 Å². The molecule has 0 saturated heterocycles. The second kappa shape index (κ2) is 5.55. The number of rotatable bonds is 2. The van der Waals surface area contributed by atoms with Gasteiger partial charge in [-0.05, 0) is 18.2 Å². The molecule has 0 aliphatic carbocycles. The van der Waals surface area contributed by atoms with Crippen LogP contribution in [0.2, 0.25) is 10.0 Å². The van der Waals surface area contributed by atoms with E-state index in [0.717, 1.165) is 6.07 Å². The van der Waals surface area contributed by atoms with Gasteiger partial charge in [0.25, 0.3) is 0 Å². The first kappa shape index (κ1) is 13.8. The lowest BCUT2D eigenvalue weighted by atomic mass is 10.0. The summed E-state index contributed by atoms with van der Waals surface area (Å²) in [5.74, 6) is -1.45. The second-order valence-electron chi connectivity index (χ2n) is 3.67. The molecule has 0 fully saturated rings. The largest absolute Gasteiger partial charge is 0.465 e. The highest BCUT2D eigenvalue weighted by molar-refractivity contribution is 6.35. The minimum Gasteiger partial charge on any atom is -0.465 e. The second-order valence-corrected chi connectivity index (χ2v) is 4.51. The Balaban J connectivity index is 2.68. The molecule has 6 heteroatoms. The van der Waals surface area contributed by atoms with E-state index in [0.29, 0.717) is 21.2 Å². The van der Waals surface area contributed by atoms with Gasteiger partial charge in [0, 0.05) is 33.4 Å². The molecule has 1 heterocycles. The van der Waals surface area contributed by atoms with Gasteiger partial charge >= 0.3 is 5.97 Å². The van der Waals surface area contributed by atoms with Crippen LogP contribution >= 0.6 is 23.2 Å². The van der Waals surface area contributed by atoms with Crippen molar-refractivity contribution < 1.29 is 13.9 Å². The molecule has 0 aliphatic heterocycles. The monoisotopic (exact) mass is 299 g/mol. The molecular weight excluding hydrogens is 292 g/mol. The standard InChI is InChI=1S/C13H8Cl2FNO2/c1-19-13(18)9-5-12(16)17-6-10(9)8-4-7(14)2-3-11(8)15/h2-6H,1H3. The van der Waals surface area contributed by atoms with Crippen LogP contribution in [0.25, 0.3) is 11.1 Å². The summed E-state index contributed by atoms with van der Waals surface area (Å²) >= 11 is 12.0. The fourth-order valence-corrected chi connectivity index (χ4v) is 2.02. The molecule has 0 radical (unpaired) electrons. The maximum Gasteiger partial charge on any atom is 0.338 e. The van der Waals surface area contributed by atoms with Gasteiger partial charge in [-0.25, -0.2) is 9.78 Å². The van der Waals surface area contributed by atoms with Crippen LogP contribution in [0.1, 0.15) is 10.4 Å². The van der Waals surface area contributed by atoms with Crippen molar-refractivity contribution in [3.8, 4) is 11.1 Å². The van der Waals surface area contributed by atoms with Crippen LogP contribution in [-0.2, 0) is 4.74 Å². The summed E-state index contributed by atoms with van der Waals surface area (Å²) in [7, 11) is 1.21. The molecule has 0 spiro atoms. The van der Waals surface area contributed by atoms with Gasteiger partial charge in [-0.1, -0.05) is 23.2 Å². The number of methoxy groups -OCH3 is 1. The summed E-state index contributed by atoms with van der Waals surface area (Å²) in [6.07, 6.45) is 1.22. The predicted octanol–water partition coefficient (Wildman–Crippen LogP) is 3.98. The van der Waals surface area contributed by atoms with Gasteiger partial charge in [0.05, 0.1) is 12.7 Å². The fraction of sp³-hybridized carbons (Fsp3) is 0.0769. The third-order valence-electron chi connectivity index (χ3n) is 2.49. The van der Waals surface area contributed by atoms with E-state index in [1.165, 1.54) is 13.3 Å². The Hall–Kier alpha value is -1.65. The smallest absolute Gasteiger partial charge is 0.338 e. The SMILES string of the molecule is COC(=O)c1cc(F)ncc1-c1cc(Cl)ccc1Cl. The molecule has 1 aromatic carbocycles. The molecule has 1 aromatic heterocycles. The predicted molar refractivity (Wildman–Crippen MR) is 71.0 cm³/mol. The molecule has 0 bridgehead atoms. The molecule has 3 nitrogen and oxygen atoms in total. The Kier molecular flexibility index (Phi) is 4.02. The van der Waals surface area contributed by atoms with E-state index in [1.807, 2.05) is 0 Å². The van der Waals surface area contributed by atoms with Gasteiger partial charge in [-0.3, -0.25) is 0 Å². The number of carbonyl (C=O) groups excluding carboxylic acids is 1. The number of pyridine rings is 1. The average molecular weight is 300 g/mol. The van der Waals surface area contributed by atoms with Crippen molar-refractivity contribution in [2.75, 3.05) is 7.11 Å². The van der Waals surface area contributed by atoms with E-state index in [9.17, 15) is 9.18 Å². The zero-order valence-corrected chi connectivity index (χ0v) is 11.3. The number of hydrogen-bond donors (Lipinski definition) is 0.